The number of hydrogen-bond acceptors (Lipinski definition) is 4. The van der Waals surface area contributed by atoms with Gasteiger partial charge < -0.3 is 19.4 Å². The molecule has 1 fully saturated rings. The van der Waals surface area contributed by atoms with Crippen LogP contribution in [0.15, 0.2) is 48.7 Å². The Labute approximate surface area is 165 Å². The molecule has 146 valence electrons. The summed E-state index contributed by atoms with van der Waals surface area (Å²) in [6.45, 7) is 10.6. The number of carbonyl (C=O) groups excluding carboxylic acids is 1. The minimum absolute atomic E-state index is 0.00246. The number of benzene rings is 1. The largest absolute Gasteiger partial charge is 0.491 e. The van der Waals surface area contributed by atoms with Crippen LogP contribution in [0.1, 0.15) is 29.9 Å². The molecule has 2 aliphatic heterocycles. The van der Waals surface area contributed by atoms with Gasteiger partial charge in [0.2, 0.25) is 0 Å². The van der Waals surface area contributed by atoms with Crippen LogP contribution in [-0.4, -0.2) is 48.2 Å². The first-order valence-electron chi connectivity index (χ1n) is 9.57. The van der Waals surface area contributed by atoms with Crippen molar-refractivity contribution in [3.8, 4) is 5.75 Å². The lowest BCUT2D eigenvalue weighted by Crippen LogP contribution is -2.40. The van der Waals surface area contributed by atoms with Crippen LogP contribution >= 0.6 is 0 Å². The van der Waals surface area contributed by atoms with Gasteiger partial charge in [0.1, 0.15) is 17.3 Å². The normalized spacial score (nSPS) is 16.5. The SMILES string of the molecule is C=C1C=Cc2cc(C(=O)N3CCOCC3)[nH]c2N1c1ccc(OC(C)C)cc1. The quantitative estimate of drug-likeness (QED) is 0.874. The van der Waals surface area contributed by atoms with Crippen molar-refractivity contribution in [3.05, 3.63) is 59.9 Å². The number of nitrogens with zero attached hydrogens (tertiary/aromatic N) is 2. The van der Waals surface area contributed by atoms with Gasteiger partial charge in [0.25, 0.3) is 5.91 Å². The van der Waals surface area contributed by atoms with Gasteiger partial charge in [-0.25, -0.2) is 0 Å². The minimum atomic E-state index is -0.00246. The number of anilines is 2. The summed E-state index contributed by atoms with van der Waals surface area (Å²) >= 11 is 0. The highest BCUT2D eigenvalue weighted by atomic mass is 16.5. The second kappa shape index (κ2) is 7.56. The maximum atomic E-state index is 12.8. The molecule has 0 bridgehead atoms. The predicted octanol–water partition coefficient (Wildman–Crippen LogP) is 3.95. The number of carbonyl (C=O) groups is 1. The van der Waals surface area contributed by atoms with Crippen molar-refractivity contribution in [1.29, 1.82) is 0 Å². The average molecular weight is 379 g/mol. The third-order valence-electron chi connectivity index (χ3n) is 4.79. The lowest BCUT2D eigenvalue weighted by atomic mass is 10.1. The zero-order chi connectivity index (χ0) is 19.7. The second-order valence-electron chi connectivity index (χ2n) is 7.21. The summed E-state index contributed by atoms with van der Waals surface area (Å²) in [5, 5.41) is 0. The van der Waals surface area contributed by atoms with Crippen molar-refractivity contribution in [2.45, 2.75) is 20.0 Å². The number of aromatic amines is 1. The summed E-state index contributed by atoms with van der Waals surface area (Å²) in [7, 11) is 0. The minimum Gasteiger partial charge on any atom is -0.491 e. The van der Waals surface area contributed by atoms with E-state index in [1.807, 2.05) is 66.1 Å². The van der Waals surface area contributed by atoms with Crippen LogP contribution in [0.2, 0.25) is 0 Å². The number of morpholine rings is 1. The van der Waals surface area contributed by atoms with Gasteiger partial charge in [0.15, 0.2) is 0 Å². The molecule has 0 spiro atoms. The summed E-state index contributed by atoms with van der Waals surface area (Å²) in [6, 6.07) is 9.79. The van der Waals surface area contributed by atoms with Crippen molar-refractivity contribution >= 4 is 23.5 Å². The molecule has 6 nitrogen and oxygen atoms in total. The smallest absolute Gasteiger partial charge is 0.270 e. The molecule has 28 heavy (non-hydrogen) atoms. The molecule has 0 saturated carbocycles. The monoisotopic (exact) mass is 379 g/mol. The van der Waals surface area contributed by atoms with E-state index >= 15 is 0 Å². The molecule has 1 amide bonds. The second-order valence-corrected chi connectivity index (χ2v) is 7.21. The Morgan fingerprint density at radius 2 is 1.89 bits per heavy atom. The van der Waals surface area contributed by atoms with E-state index in [2.05, 4.69) is 11.6 Å². The first-order chi connectivity index (χ1) is 13.5. The van der Waals surface area contributed by atoms with Crippen LogP contribution in [0, 0.1) is 0 Å². The zero-order valence-corrected chi connectivity index (χ0v) is 16.3. The third-order valence-corrected chi connectivity index (χ3v) is 4.79. The van der Waals surface area contributed by atoms with E-state index in [4.69, 9.17) is 9.47 Å². The fraction of sp³-hybridized carbons (Fsp3) is 0.318. The molecule has 0 radical (unpaired) electrons. The van der Waals surface area contributed by atoms with Crippen molar-refractivity contribution in [2.75, 3.05) is 31.2 Å². The van der Waals surface area contributed by atoms with Crippen LogP contribution < -0.4 is 9.64 Å². The van der Waals surface area contributed by atoms with Crippen molar-refractivity contribution in [1.82, 2.24) is 9.88 Å². The van der Waals surface area contributed by atoms with Crippen LogP contribution in [0.3, 0.4) is 0 Å². The summed E-state index contributed by atoms with van der Waals surface area (Å²) < 4.78 is 11.1. The van der Waals surface area contributed by atoms with Gasteiger partial charge in [-0.2, -0.15) is 0 Å². The van der Waals surface area contributed by atoms with Gasteiger partial charge in [0.05, 0.1) is 19.3 Å². The Morgan fingerprint density at radius 3 is 2.57 bits per heavy atom. The Kier molecular flexibility index (Phi) is 4.96. The van der Waals surface area contributed by atoms with Gasteiger partial charge in [-0.15, -0.1) is 0 Å². The summed E-state index contributed by atoms with van der Waals surface area (Å²) in [6.07, 6.45) is 4.07. The van der Waals surface area contributed by atoms with Crippen LogP contribution in [0.25, 0.3) is 6.08 Å². The van der Waals surface area contributed by atoms with E-state index in [-0.39, 0.29) is 12.0 Å². The third kappa shape index (κ3) is 3.55. The van der Waals surface area contributed by atoms with Gasteiger partial charge >= 0.3 is 0 Å². The molecule has 3 heterocycles. The highest BCUT2D eigenvalue weighted by Crippen LogP contribution is 2.37. The maximum absolute atomic E-state index is 12.8. The van der Waals surface area contributed by atoms with E-state index in [0.717, 1.165) is 28.5 Å². The predicted molar refractivity (Wildman–Crippen MR) is 110 cm³/mol. The molecule has 0 aliphatic carbocycles. The molecule has 1 aromatic heterocycles. The van der Waals surface area contributed by atoms with Gasteiger partial charge in [-0.05, 0) is 56.3 Å². The topological polar surface area (TPSA) is 57.8 Å². The van der Waals surface area contributed by atoms with Gasteiger partial charge in [-0.1, -0.05) is 6.58 Å². The molecule has 2 aromatic rings. The highest BCUT2D eigenvalue weighted by Gasteiger charge is 2.25. The molecule has 0 unspecified atom stereocenters. The number of rotatable bonds is 4. The van der Waals surface area contributed by atoms with E-state index in [9.17, 15) is 4.79 Å². The van der Waals surface area contributed by atoms with E-state index < -0.39 is 0 Å². The summed E-state index contributed by atoms with van der Waals surface area (Å²) in [4.78, 5) is 20.0. The van der Waals surface area contributed by atoms with E-state index in [0.29, 0.717) is 32.0 Å². The van der Waals surface area contributed by atoms with E-state index in [1.165, 1.54) is 0 Å². The fourth-order valence-electron chi connectivity index (χ4n) is 3.47. The van der Waals surface area contributed by atoms with Crippen molar-refractivity contribution in [3.63, 3.8) is 0 Å². The zero-order valence-electron chi connectivity index (χ0n) is 16.3. The Morgan fingerprint density at radius 1 is 1.18 bits per heavy atom. The molecule has 1 aromatic carbocycles. The van der Waals surface area contributed by atoms with Crippen LogP contribution in [0.5, 0.6) is 5.75 Å². The number of aromatic nitrogens is 1. The maximum Gasteiger partial charge on any atom is 0.270 e. The molecule has 2 aliphatic rings. The van der Waals surface area contributed by atoms with Crippen molar-refractivity contribution < 1.29 is 14.3 Å². The summed E-state index contributed by atoms with van der Waals surface area (Å²) in [5.41, 5.74) is 3.33. The highest BCUT2D eigenvalue weighted by molar-refractivity contribution is 5.96. The Bertz CT molecular complexity index is 906. The Hall–Kier alpha value is -2.99. The number of fused-ring (bicyclic) bond motifs is 1. The molecule has 1 N–H and O–H groups in total. The number of H-pyrrole nitrogens is 1. The Balaban J connectivity index is 1.62. The molecule has 1 saturated heterocycles. The lowest BCUT2D eigenvalue weighted by Gasteiger charge is -2.28. The average Bonchev–Trinajstić information content (AvgIpc) is 3.12. The first kappa shape index (κ1) is 18.4. The van der Waals surface area contributed by atoms with Crippen LogP contribution in [0.4, 0.5) is 11.5 Å². The first-order valence-corrected chi connectivity index (χ1v) is 9.57. The number of allylic oxidation sites excluding steroid dienone is 1. The number of nitrogens with one attached hydrogen (secondary N) is 1. The molecule has 0 atom stereocenters. The molecule has 4 rings (SSSR count). The molecular formula is C22H25N3O3. The van der Waals surface area contributed by atoms with Crippen molar-refractivity contribution in [2.24, 2.45) is 0 Å². The van der Waals surface area contributed by atoms with E-state index in [1.54, 1.807) is 0 Å². The van der Waals surface area contributed by atoms with Gasteiger partial charge in [0, 0.05) is 30.0 Å². The molecule has 6 heteroatoms. The molecular weight excluding hydrogens is 354 g/mol. The fourth-order valence-corrected chi connectivity index (χ4v) is 3.47. The lowest BCUT2D eigenvalue weighted by molar-refractivity contribution is 0.0299. The van der Waals surface area contributed by atoms with Gasteiger partial charge in [-0.3, -0.25) is 9.69 Å². The number of ether oxygens (including phenoxy) is 2. The standard InChI is InChI=1S/C22H25N3O3/c1-15(2)28-19-8-6-18(7-9-19)25-16(3)4-5-17-14-20(23-21(17)25)22(26)24-10-12-27-13-11-24/h4-9,14-15,23H,3,10-13H2,1-2H3. The number of hydrogen-bond donors (Lipinski definition) is 1. The van der Waals surface area contributed by atoms with Crippen LogP contribution in [-0.2, 0) is 4.74 Å². The summed E-state index contributed by atoms with van der Waals surface area (Å²) in [5.74, 6) is 1.67. The number of amides is 1.